The van der Waals surface area contributed by atoms with Crippen molar-refractivity contribution in [3.8, 4) is 0 Å². The number of pyridine rings is 1. The highest BCUT2D eigenvalue weighted by molar-refractivity contribution is 7.98. The highest BCUT2D eigenvalue weighted by Gasteiger charge is 2.24. The van der Waals surface area contributed by atoms with Gasteiger partial charge in [0.15, 0.2) is 0 Å². The smallest absolute Gasteiger partial charge is 0.426 e. The van der Waals surface area contributed by atoms with Crippen LogP contribution in [0.4, 0.5) is 10.6 Å². The molecule has 0 fully saturated rings. The van der Waals surface area contributed by atoms with Gasteiger partial charge in [0.25, 0.3) is 0 Å². The lowest BCUT2D eigenvalue weighted by Crippen LogP contribution is -2.54. The zero-order chi connectivity index (χ0) is 16.7. The van der Waals surface area contributed by atoms with Crippen LogP contribution in [0.15, 0.2) is 18.3 Å². The molecule has 0 bridgehead atoms. The summed E-state index contributed by atoms with van der Waals surface area (Å²) in [4.78, 5) is 38.4. The lowest BCUT2D eigenvalue weighted by Gasteiger charge is -2.25. The van der Waals surface area contributed by atoms with E-state index in [1.165, 1.54) is 30.1 Å². The first-order chi connectivity index (χ1) is 10.3. The standard InChI is InChI=1S/C12H15ClN4O4S/c1-7(6-22-2)17(12(20)21)16-11(19)10(18)15-9-4-3-8(13)5-14-9/h3-5,7H,6H2,1-2H3,(H,16,19)(H,20,21)(H,14,15,18). The van der Waals surface area contributed by atoms with Crippen LogP contribution in [-0.4, -0.2) is 51.1 Å². The largest absolute Gasteiger partial charge is 0.464 e. The lowest BCUT2D eigenvalue weighted by atomic mass is 10.4. The van der Waals surface area contributed by atoms with E-state index in [0.29, 0.717) is 15.8 Å². The number of nitrogens with one attached hydrogen (secondary N) is 2. The van der Waals surface area contributed by atoms with E-state index in [2.05, 4.69) is 10.3 Å². The number of anilines is 1. The van der Waals surface area contributed by atoms with Crippen molar-refractivity contribution in [3.63, 3.8) is 0 Å². The van der Waals surface area contributed by atoms with E-state index in [4.69, 9.17) is 16.7 Å². The van der Waals surface area contributed by atoms with E-state index in [-0.39, 0.29) is 5.82 Å². The molecule has 3 amide bonds. The molecule has 3 N–H and O–H groups in total. The molecule has 1 heterocycles. The van der Waals surface area contributed by atoms with E-state index in [0.717, 1.165) is 0 Å². The fourth-order valence-electron chi connectivity index (χ4n) is 1.45. The molecule has 0 aliphatic carbocycles. The molecule has 0 spiro atoms. The van der Waals surface area contributed by atoms with Crippen molar-refractivity contribution in [2.75, 3.05) is 17.3 Å². The highest BCUT2D eigenvalue weighted by Crippen LogP contribution is 2.09. The van der Waals surface area contributed by atoms with E-state index < -0.39 is 23.9 Å². The van der Waals surface area contributed by atoms with Gasteiger partial charge >= 0.3 is 17.9 Å². The molecule has 120 valence electrons. The average Bonchev–Trinajstić information content (AvgIpc) is 2.46. The van der Waals surface area contributed by atoms with Crippen molar-refractivity contribution >= 4 is 47.1 Å². The second kappa shape index (κ2) is 8.44. The van der Waals surface area contributed by atoms with Crippen LogP contribution in [0, 0.1) is 0 Å². The maximum absolute atomic E-state index is 11.7. The zero-order valence-electron chi connectivity index (χ0n) is 11.9. The van der Waals surface area contributed by atoms with E-state index >= 15 is 0 Å². The minimum absolute atomic E-state index is 0.128. The van der Waals surface area contributed by atoms with Crippen molar-refractivity contribution in [2.24, 2.45) is 0 Å². The summed E-state index contributed by atoms with van der Waals surface area (Å²) in [6, 6.07) is 2.42. The van der Waals surface area contributed by atoms with Crippen molar-refractivity contribution in [3.05, 3.63) is 23.4 Å². The summed E-state index contributed by atoms with van der Waals surface area (Å²) in [5, 5.41) is 12.4. The SMILES string of the molecule is CSCC(C)N(NC(=O)C(=O)Nc1ccc(Cl)cn1)C(=O)O. The molecule has 1 atom stereocenters. The van der Waals surface area contributed by atoms with Gasteiger partial charge in [-0.3, -0.25) is 15.0 Å². The molecule has 0 radical (unpaired) electrons. The molecule has 8 nitrogen and oxygen atoms in total. The molecule has 1 unspecified atom stereocenters. The second-order valence-corrected chi connectivity index (χ2v) is 5.56. The number of amides is 3. The molecule has 22 heavy (non-hydrogen) atoms. The van der Waals surface area contributed by atoms with Gasteiger partial charge in [-0.05, 0) is 25.3 Å². The third-order valence-electron chi connectivity index (χ3n) is 2.45. The summed E-state index contributed by atoms with van der Waals surface area (Å²) in [6.45, 7) is 1.61. The number of carbonyl (C=O) groups is 3. The van der Waals surface area contributed by atoms with Gasteiger partial charge in [-0.2, -0.15) is 11.8 Å². The number of aromatic nitrogens is 1. The minimum Gasteiger partial charge on any atom is -0.464 e. The number of hydrazine groups is 1. The topological polar surface area (TPSA) is 112 Å². The summed E-state index contributed by atoms with van der Waals surface area (Å²) >= 11 is 7.07. The third-order valence-corrected chi connectivity index (χ3v) is 3.49. The predicted octanol–water partition coefficient (Wildman–Crippen LogP) is 1.44. The van der Waals surface area contributed by atoms with Crippen LogP contribution >= 0.6 is 23.4 Å². The number of carboxylic acid groups (broad SMARTS) is 1. The average molecular weight is 347 g/mol. The Hall–Kier alpha value is -2.00. The van der Waals surface area contributed by atoms with Gasteiger partial charge in [-0.1, -0.05) is 11.6 Å². The van der Waals surface area contributed by atoms with E-state index in [1.54, 1.807) is 13.2 Å². The summed E-state index contributed by atoms with van der Waals surface area (Å²) in [5.41, 5.74) is 2.05. The summed E-state index contributed by atoms with van der Waals surface area (Å²) in [7, 11) is 0. The van der Waals surface area contributed by atoms with Crippen LogP contribution in [0.1, 0.15) is 6.92 Å². The molecule has 1 aromatic heterocycles. The van der Waals surface area contributed by atoms with Crippen LogP contribution in [0.2, 0.25) is 5.02 Å². The van der Waals surface area contributed by atoms with Crippen molar-refractivity contribution in [1.29, 1.82) is 0 Å². The lowest BCUT2D eigenvalue weighted by molar-refractivity contribution is -0.139. The Labute approximate surface area is 136 Å². The van der Waals surface area contributed by atoms with Crippen LogP contribution in [0.25, 0.3) is 0 Å². The van der Waals surface area contributed by atoms with Gasteiger partial charge < -0.3 is 10.4 Å². The number of halogens is 1. The number of rotatable bonds is 4. The van der Waals surface area contributed by atoms with Crippen molar-refractivity contribution in [1.82, 2.24) is 15.4 Å². The van der Waals surface area contributed by atoms with Crippen LogP contribution in [0.3, 0.4) is 0 Å². The van der Waals surface area contributed by atoms with Gasteiger partial charge in [0.1, 0.15) is 5.82 Å². The van der Waals surface area contributed by atoms with Gasteiger partial charge in [-0.25, -0.2) is 14.8 Å². The molecule has 0 aliphatic rings. The van der Waals surface area contributed by atoms with Gasteiger partial charge in [-0.15, -0.1) is 0 Å². The number of hydrogen-bond acceptors (Lipinski definition) is 5. The van der Waals surface area contributed by atoms with Crippen molar-refractivity contribution < 1.29 is 19.5 Å². The Morgan fingerprint density at radius 1 is 1.41 bits per heavy atom. The fourth-order valence-corrected chi connectivity index (χ4v) is 2.19. The molecular weight excluding hydrogens is 332 g/mol. The number of thioether (sulfide) groups is 1. The molecule has 0 saturated heterocycles. The maximum atomic E-state index is 11.7. The van der Waals surface area contributed by atoms with Crippen LogP contribution in [-0.2, 0) is 9.59 Å². The summed E-state index contributed by atoms with van der Waals surface area (Å²) in [5.74, 6) is -1.54. The Bertz CT molecular complexity index is 555. The van der Waals surface area contributed by atoms with E-state index in [9.17, 15) is 14.4 Å². The molecule has 0 aliphatic heterocycles. The van der Waals surface area contributed by atoms with Gasteiger partial charge in [0, 0.05) is 11.9 Å². The summed E-state index contributed by atoms with van der Waals surface area (Å²) in [6.07, 6.45) is 1.75. The molecule has 10 heteroatoms. The second-order valence-electron chi connectivity index (χ2n) is 4.21. The molecular formula is C12H15ClN4O4S. The summed E-state index contributed by atoms with van der Waals surface area (Å²) < 4.78 is 0. The van der Waals surface area contributed by atoms with Crippen molar-refractivity contribution in [2.45, 2.75) is 13.0 Å². The Morgan fingerprint density at radius 2 is 2.09 bits per heavy atom. The first-order valence-corrected chi connectivity index (χ1v) is 7.87. The first kappa shape index (κ1) is 18.1. The highest BCUT2D eigenvalue weighted by atomic mass is 35.5. The quantitative estimate of drug-likeness (QED) is 0.561. The maximum Gasteiger partial charge on any atom is 0.426 e. The Kier molecular flexibility index (Phi) is 6.93. The van der Waals surface area contributed by atoms with E-state index in [1.807, 2.05) is 5.43 Å². The predicted molar refractivity (Wildman–Crippen MR) is 83.7 cm³/mol. The number of nitrogens with zero attached hydrogens (tertiary/aromatic N) is 2. The molecule has 0 saturated carbocycles. The third kappa shape index (κ3) is 5.41. The Balaban J connectivity index is 2.67. The fraction of sp³-hybridized carbons (Fsp3) is 0.333. The van der Waals surface area contributed by atoms with Gasteiger partial charge in [0.2, 0.25) is 0 Å². The number of carbonyl (C=O) groups excluding carboxylic acids is 2. The molecule has 1 rings (SSSR count). The monoisotopic (exact) mass is 346 g/mol. The zero-order valence-corrected chi connectivity index (χ0v) is 13.4. The van der Waals surface area contributed by atoms with Gasteiger partial charge in [0.05, 0.1) is 11.1 Å². The Morgan fingerprint density at radius 3 is 2.59 bits per heavy atom. The number of hydrogen-bond donors (Lipinski definition) is 3. The molecule has 0 aromatic carbocycles. The normalized spacial score (nSPS) is 11.4. The molecule has 1 aromatic rings. The van der Waals surface area contributed by atoms with Crippen LogP contribution in [0.5, 0.6) is 0 Å². The van der Waals surface area contributed by atoms with Crippen LogP contribution < -0.4 is 10.7 Å². The minimum atomic E-state index is -1.35. The first-order valence-electron chi connectivity index (χ1n) is 6.09.